The van der Waals surface area contributed by atoms with E-state index >= 15 is 0 Å². The highest BCUT2D eigenvalue weighted by Crippen LogP contribution is 2.39. The van der Waals surface area contributed by atoms with Gasteiger partial charge in [0.05, 0.1) is 24.9 Å². The monoisotopic (exact) mass is 329 g/mol. The molecular weight excluding hydrogens is 302 g/mol. The Morgan fingerprint density at radius 3 is 2.79 bits per heavy atom. The number of carbonyl (C=O) groups is 1. The van der Waals surface area contributed by atoms with Gasteiger partial charge >= 0.3 is 5.97 Å². The zero-order valence-corrected chi connectivity index (χ0v) is 14.8. The average Bonchev–Trinajstić information content (AvgIpc) is 2.96. The van der Waals surface area contributed by atoms with E-state index in [4.69, 9.17) is 9.47 Å². The maximum Gasteiger partial charge on any atom is 0.337 e. The Morgan fingerprint density at radius 2 is 2.12 bits per heavy atom. The molecule has 1 N–H and O–H groups in total. The standard InChI is InChI=1S/C20H27NO3/c1-4-15(5-2)21-19-9-6-13(20(22)23-3)12-18(19)14-10-16-7-8-17(11-14)24-16/h6,9-10,12,15-17,21H,4-5,7-8,11H2,1-3H3. The lowest BCUT2D eigenvalue weighted by Crippen LogP contribution is -2.20. The van der Waals surface area contributed by atoms with E-state index in [0.29, 0.717) is 17.7 Å². The lowest BCUT2D eigenvalue weighted by molar-refractivity contribution is 0.0600. The van der Waals surface area contributed by atoms with Crippen molar-refractivity contribution in [2.24, 2.45) is 0 Å². The zero-order chi connectivity index (χ0) is 17.1. The molecule has 3 rings (SSSR count). The summed E-state index contributed by atoms with van der Waals surface area (Å²) in [6.45, 7) is 4.38. The molecule has 0 saturated carbocycles. The van der Waals surface area contributed by atoms with Gasteiger partial charge in [-0.25, -0.2) is 4.79 Å². The third-order valence-electron chi connectivity index (χ3n) is 5.11. The fraction of sp³-hybridized carbons (Fsp3) is 0.550. The fourth-order valence-corrected chi connectivity index (χ4v) is 3.64. The average molecular weight is 329 g/mol. The number of esters is 1. The van der Waals surface area contributed by atoms with Crippen LogP contribution in [0.4, 0.5) is 5.69 Å². The van der Waals surface area contributed by atoms with Gasteiger partial charge in [-0.3, -0.25) is 0 Å². The zero-order valence-electron chi connectivity index (χ0n) is 14.8. The third kappa shape index (κ3) is 3.48. The van der Waals surface area contributed by atoms with Crippen molar-refractivity contribution >= 4 is 17.2 Å². The second-order valence-corrected chi connectivity index (χ2v) is 6.68. The van der Waals surface area contributed by atoms with Crippen LogP contribution in [0.5, 0.6) is 0 Å². The first-order valence-electron chi connectivity index (χ1n) is 9.00. The van der Waals surface area contributed by atoms with Gasteiger partial charge in [0, 0.05) is 17.3 Å². The Morgan fingerprint density at radius 1 is 1.33 bits per heavy atom. The van der Waals surface area contributed by atoms with Crippen LogP contribution < -0.4 is 5.32 Å². The molecule has 0 spiro atoms. The Hall–Kier alpha value is -1.81. The quantitative estimate of drug-likeness (QED) is 0.785. The molecule has 2 heterocycles. The predicted octanol–water partition coefficient (Wildman–Crippen LogP) is 4.41. The summed E-state index contributed by atoms with van der Waals surface area (Å²) >= 11 is 0. The molecule has 2 atom stereocenters. The maximum absolute atomic E-state index is 11.9. The molecule has 0 aromatic heterocycles. The molecule has 0 radical (unpaired) electrons. The minimum Gasteiger partial charge on any atom is -0.465 e. The van der Waals surface area contributed by atoms with Crippen molar-refractivity contribution in [3.8, 4) is 0 Å². The number of carbonyl (C=O) groups excluding carboxylic acids is 1. The van der Waals surface area contributed by atoms with E-state index in [1.54, 1.807) is 0 Å². The molecule has 130 valence electrons. The number of benzene rings is 1. The molecular formula is C20H27NO3. The highest BCUT2D eigenvalue weighted by molar-refractivity contribution is 5.92. The molecule has 4 nitrogen and oxygen atoms in total. The second kappa shape index (κ2) is 7.39. The summed E-state index contributed by atoms with van der Waals surface area (Å²) in [5.74, 6) is -0.291. The van der Waals surface area contributed by atoms with E-state index in [9.17, 15) is 4.79 Å². The van der Waals surface area contributed by atoms with Crippen LogP contribution in [0, 0.1) is 0 Å². The van der Waals surface area contributed by atoms with Crippen LogP contribution in [0.1, 0.15) is 61.9 Å². The van der Waals surface area contributed by atoms with E-state index in [0.717, 1.165) is 43.4 Å². The first-order chi connectivity index (χ1) is 11.6. The van der Waals surface area contributed by atoms with Gasteiger partial charge in [0.25, 0.3) is 0 Å². The Balaban J connectivity index is 1.97. The predicted molar refractivity (Wildman–Crippen MR) is 96.3 cm³/mol. The Kier molecular flexibility index (Phi) is 5.24. The van der Waals surface area contributed by atoms with Gasteiger partial charge in [-0.15, -0.1) is 0 Å². The van der Waals surface area contributed by atoms with Crippen molar-refractivity contribution < 1.29 is 14.3 Å². The molecule has 1 aromatic carbocycles. The minimum atomic E-state index is -0.291. The van der Waals surface area contributed by atoms with E-state index < -0.39 is 0 Å². The molecule has 24 heavy (non-hydrogen) atoms. The lowest BCUT2D eigenvalue weighted by atomic mass is 9.94. The molecule has 0 aliphatic carbocycles. The number of hydrogen-bond donors (Lipinski definition) is 1. The summed E-state index contributed by atoms with van der Waals surface area (Å²) in [6.07, 6.45) is 8.05. The number of methoxy groups -OCH3 is 1. The molecule has 2 bridgehead atoms. The topological polar surface area (TPSA) is 47.6 Å². The van der Waals surface area contributed by atoms with Gasteiger partial charge in [-0.1, -0.05) is 19.9 Å². The van der Waals surface area contributed by atoms with Crippen molar-refractivity contribution in [2.45, 2.75) is 64.2 Å². The van der Waals surface area contributed by atoms with Crippen molar-refractivity contribution in [2.75, 3.05) is 12.4 Å². The minimum absolute atomic E-state index is 0.224. The van der Waals surface area contributed by atoms with Crippen molar-refractivity contribution in [1.29, 1.82) is 0 Å². The van der Waals surface area contributed by atoms with E-state index in [2.05, 4.69) is 25.2 Å². The first kappa shape index (κ1) is 17.0. The number of nitrogens with one attached hydrogen (secondary N) is 1. The van der Waals surface area contributed by atoms with Crippen LogP contribution in [0.2, 0.25) is 0 Å². The SMILES string of the molecule is CCC(CC)Nc1ccc(C(=O)OC)cc1C1=CC2CCC(C1)O2. The summed E-state index contributed by atoms with van der Waals surface area (Å²) in [6, 6.07) is 6.25. The van der Waals surface area contributed by atoms with Crippen LogP contribution in [0.15, 0.2) is 24.3 Å². The molecule has 1 saturated heterocycles. The van der Waals surface area contributed by atoms with Crippen molar-refractivity contribution in [3.63, 3.8) is 0 Å². The number of rotatable bonds is 6. The van der Waals surface area contributed by atoms with Crippen molar-refractivity contribution in [3.05, 3.63) is 35.4 Å². The van der Waals surface area contributed by atoms with E-state index in [1.807, 2.05) is 18.2 Å². The molecule has 1 aromatic rings. The number of anilines is 1. The maximum atomic E-state index is 11.9. The van der Waals surface area contributed by atoms with Gasteiger partial charge in [-0.05, 0) is 55.9 Å². The van der Waals surface area contributed by atoms with Gasteiger partial charge in [0.1, 0.15) is 0 Å². The number of fused-ring (bicyclic) bond motifs is 2. The van der Waals surface area contributed by atoms with Gasteiger partial charge in [0.2, 0.25) is 0 Å². The second-order valence-electron chi connectivity index (χ2n) is 6.68. The van der Waals surface area contributed by atoms with E-state index in [-0.39, 0.29) is 12.1 Å². The summed E-state index contributed by atoms with van der Waals surface area (Å²) in [7, 11) is 1.42. The molecule has 2 unspecified atom stereocenters. The van der Waals surface area contributed by atoms with Gasteiger partial charge in [-0.2, -0.15) is 0 Å². The highest BCUT2D eigenvalue weighted by atomic mass is 16.5. The van der Waals surface area contributed by atoms with Crippen LogP contribution >= 0.6 is 0 Å². The highest BCUT2D eigenvalue weighted by Gasteiger charge is 2.31. The first-order valence-corrected chi connectivity index (χ1v) is 9.00. The Bertz CT molecular complexity index is 634. The lowest BCUT2D eigenvalue weighted by Gasteiger charge is -2.25. The Labute approximate surface area is 144 Å². The summed E-state index contributed by atoms with van der Waals surface area (Å²) in [5.41, 5.74) is 4.10. The smallest absolute Gasteiger partial charge is 0.337 e. The molecule has 1 fully saturated rings. The molecule has 4 heteroatoms. The largest absolute Gasteiger partial charge is 0.465 e. The van der Waals surface area contributed by atoms with E-state index in [1.165, 1.54) is 12.7 Å². The molecule has 0 amide bonds. The van der Waals surface area contributed by atoms with Crippen molar-refractivity contribution in [1.82, 2.24) is 0 Å². The van der Waals surface area contributed by atoms with Crippen LogP contribution in [0.25, 0.3) is 5.57 Å². The van der Waals surface area contributed by atoms with Gasteiger partial charge < -0.3 is 14.8 Å². The normalized spacial score (nSPS) is 22.4. The van der Waals surface area contributed by atoms with Crippen LogP contribution in [0.3, 0.4) is 0 Å². The van der Waals surface area contributed by atoms with Crippen LogP contribution in [-0.2, 0) is 9.47 Å². The summed E-state index contributed by atoms with van der Waals surface area (Å²) in [5, 5.41) is 3.64. The molecule has 2 aliphatic rings. The molecule has 2 aliphatic heterocycles. The number of hydrogen-bond acceptors (Lipinski definition) is 4. The fourth-order valence-electron chi connectivity index (χ4n) is 3.64. The summed E-state index contributed by atoms with van der Waals surface area (Å²) in [4.78, 5) is 11.9. The summed E-state index contributed by atoms with van der Waals surface area (Å²) < 4.78 is 10.8. The van der Waals surface area contributed by atoms with Crippen LogP contribution in [-0.4, -0.2) is 31.3 Å². The third-order valence-corrected chi connectivity index (χ3v) is 5.11. The van der Waals surface area contributed by atoms with Gasteiger partial charge in [0.15, 0.2) is 0 Å². The number of ether oxygens (including phenoxy) is 2.